The highest BCUT2D eigenvalue weighted by atomic mass is 16.6. The first-order valence-electron chi connectivity index (χ1n) is 12.5. The fourth-order valence-corrected chi connectivity index (χ4v) is 3.86. The van der Waals surface area contributed by atoms with Gasteiger partial charge in [-0.25, -0.2) is 4.79 Å². The molecule has 10 nitrogen and oxygen atoms in total. The molecule has 0 saturated heterocycles. The maximum Gasteiger partial charge on any atom is 0.408 e. The summed E-state index contributed by atoms with van der Waals surface area (Å²) in [5.74, 6) is 1.40. The first kappa shape index (κ1) is 30.7. The topological polar surface area (TPSA) is 140 Å². The monoisotopic (exact) mass is 536 g/mol. The van der Waals surface area contributed by atoms with Gasteiger partial charge >= 0.3 is 6.09 Å². The average Bonchev–Trinajstić information content (AvgIpc) is 2.88. The maximum atomic E-state index is 13.9. The first-order chi connectivity index (χ1) is 18.4. The molecule has 0 aliphatic rings. The number of hydrogen-bond donors (Lipinski definition) is 3. The van der Waals surface area contributed by atoms with E-state index < -0.39 is 41.5 Å². The van der Waals surface area contributed by atoms with Gasteiger partial charge in [0, 0.05) is 24.2 Å². The zero-order valence-electron chi connectivity index (χ0n) is 22.9. The lowest BCUT2D eigenvalue weighted by Crippen LogP contribution is -2.52. The minimum atomic E-state index is -1.19. The summed E-state index contributed by atoms with van der Waals surface area (Å²) in [5, 5.41) is 5.36. The molecule has 2 aromatic rings. The molecular weight excluding hydrogens is 500 g/mol. The lowest BCUT2D eigenvalue weighted by atomic mass is 9.97. The number of ether oxygens (including phenoxy) is 2. The number of nitrogens with two attached hydrogens (primary N) is 1. The van der Waals surface area contributed by atoms with Gasteiger partial charge in [-0.15, -0.1) is 6.42 Å². The fourth-order valence-electron chi connectivity index (χ4n) is 3.86. The second-order valence-electron chi connectivity index (χ2n) is 9.68. The third kappa shape index (κ3) is 9.07. The van der Waals surface area contributed by atoms with E-state index >= 15 is 0 Å². The number of methoxy groups -OCH3 is 1. The molecule has 0 fully saturated rings. The minimum absolute atomic E-state index is 0.0848. The van der Waals surface area contributed by atoms with E-state index in [0.29, 0.717) is 22.6 Å². The average molecular weight is 537 g/mol. The number of rotatable bonds is 11. The summed E-state index contributed by atoms with van der Waals surface area (Å²) in [6, 6.07) is 11.1. The third-order valence-electron chi connectivity index (χ3n) is 5.62. The largest absolute Gasteiger partial charge is 0.497 e. The van der Waals surface area contributed by atoms with Crippen LogP contribution in [0, 0.1) is 12.3 Å². The molecule has 10 heteroatoms. The Kier molecular flexibility index (Phi) is 10.9. The zero-order valence-corrected chi connectivity index (χ0v) is 22.9. The predicted molar refractivity (Wildman–Crippen MR) is 148 cm³/mol. The van der Waals surface area contributed by atoms with Crippen molar-refractivity contribution >= 4 is 29.5 Å². The molecule has 0 aliphatic heterocycles. The van der Waals surface area contributed by atoms with Gasteiger partial charge in [-0.1, -0.05) is 24.1 Å². The molecule has 0 saturated carbocycles. The van der Waals surface area contributed by atoms with Crippen LogP contribution in [0.25, 0.3) is 0 Å². The molecule has 0 bridgehead atoms. The zero-order chi connectivity index (χ0) is 29.2. The summed E-state index contributed by atoms with van der Waals surface area (Å²) in [5.41, 5.74) is 5.82. The number of terminal acetylenes is 1. The molecule has 2 unspecified atom stereocenters. The van der Waals surface area contributed by atoms with Gasteiger partial charge in [-0.05, 0) is 70.0 Å². The van der Waals surface area contributed by atoms with Gasteiger partial charge in [0.1, 0.15) is 23.4 Å². The van der Waals surface area contributed by atoms with Crippen LogP contribution >= 0.6 is 0 Å². The van der Waals surface area contributed by atoms with E-state index in [4.69, 9.17) is 21.6 Å². The quantitative estimate of drug-likeness (QED) is 0.376. The van der Waals surface area contributed by atoms with Gasteiger partial charge in [0.05, 0.1) is 7.11 Å². The van der Waals surface area contributed by atoms with Crippen molar-refractivity contribution in [1.82, 2.24) is 10.2 Å². The first-order valence-corrected chi connectivity index (χ1v) is 12.5. The number of likely N-dealkylation sites (N-methyl/N-ethyl adjacent to an activating group) is 1. The van der Waals surface area contributed by atoms with Crippen LogP contribution in [0.2, 0.25) is 0 Å². The van der Waals surface area contributed by atoms with Crippen LogP contribution in [0.3, 0.4) is 0 Å². The van der Waals surface area contributed by atoms with Crippen LogP contribution in [0.5, 0.6) is 5.75 Å². The van der Waals surface area contributed by atoms with Crippen molar-refractivity contribution in [3.8, 4) is 18.1 Å². The second kappa shape index (κ2) is 13.9. The van der Waals surface area contributed by atoms with Crippen molar-refractivity contribution < 1.29 is 28.7 Å². The Labute approximate surface area is 229 Å². The summed E-state index contributed by atoms with van der Waals surface area (Å²) < 4.78 is 10.5. The van der Waals surface area contributed by atoms with Gasteiger partial charge in [0.25, 0.3) is 5.91 Å². The highest BCUT2D eigenvalue weighted by molar-refractivity contribution is 5.99. The van der Waals surface area contributed by atoms with E-state index in [9.17, 15) is 19.2 Å². The Balaban J connectivity index is 2.50. The molecule has 2 rings (SSSR count). The molecule has 4 N–H and O–H groups in total. The lowest BCUT2D eigenvalue weighted by Gasteiger charge is -2.34. The molecule has 0 radical (unpaired) electrons. The molecular formula is C29H36N4O6. The van der Waals surface area contributed by atoms with E-state index in [1.165, 1.54) is 12.0 Å². The van der Waals surface area contributed by atoms with Gasteiger partial charge in [-0.3, -0.25) is 14.4 Å². The smallest absolute Gasteiger partial charge is 0.408 e. The number of nitrogens with one attached hydrogen (secondary N) is 2. The van der Waals surface area contributed by atoms with Crippen LogP contribution < -0.4 is 21.1 Å². The van der Waals surface area contributed by atoms with E-state index in [0.717, 1.165) is 0 Å². The number of alkyl carbamates (subject to hydrolysis) is 1. The molecule has 0 aliphatic carbocycles. The second-order valence-corrected chi connectivity index (χ2v) is 9.68. The van der Waals surface area contributed by atoms with E-state index in [2.05, 4.69) is 16.6 Å². The molecule has 0 heterocycles. The summed E-state index contributed by atoms with van der Waals surface area (Å²) in [6.07, 6.45) is 4.63. The SMILES string of the molecule is C#Cc1ccccc1C(C(=O)Nc1ccc(OC)cc1)N(CC)C(=O)C(CCC(N)=O)NC(=O)OC(C)(C)C. The van der Waals surface area contributed by atoms with Crippen LogP contribution in [-0.4, -0.2) is 54.0 Å². The van der Waals surface area contributed by atoms with Crippen LogP contribution in [-0.2, 0) is 19.1 Å². The van der Waals surface area contributed by atoms with E-state index in [1.54, 1.807) is 76.2 Å². The molecule has 208 valence electrons. The van der Waals surface area contributed by atoms with E-state index in [-0.39, 0.29) is 19.4 Å². The Morgan fingerprint density at radius 3 is 2.26 bits per heavy atom. The molecule has 4 amide bonds. The molecule has 2 aromatic carbocycles. The van der Waals surface area contributed by atoms with Crippen molar-refractivity contribution in [2.75, 3.05) is 19.0 Å². The Hall–Kier alpha value is -4.52. The summed E-state index contributed by atoms with van der Waals surface area (Å²) in [4.78, 5) is 53.0. The number of benzene rings is 2. The number of amides is 4. The van der Waals surface area contributed by atoms with Crippen molar-refractivity contribution in [1.29, 1.82) is 0 Å². The number of carbonyl (C=O) groups excluding carboxylic acids is 4. The summed E-state index contributed by atoms with van der Waals surface area (Å²) in [7, 11) is 1.53. The van der Waals surface area contributed by atoms with Gasteiger partial charge in [-0.2, -0.15) is 0 Å². The van der Waals surface area contributed by atoms with Gasteiger partial charge in [0.2, 0.25) is 11.8 Å². The Bertz CT molecular complexity index is 1210. The normalized spacial score (nSPS) is 12.3. The minimum Gasteiger partial charge on any atom is -0.497 e. The maximum absolute atomic E-state index is 13.9. The Morgan fingerprint density at radius 1 is 1.08 bits per heavy atom. The van der Waals surface area contributed by atoms with Crippen LogP contribution in [0.4, 0.5) is 10.5 Å². The highest BCUT2D eigenvalue weighted by Crippen LogP contribution is 2.28. The number of hydrogen-bond acceptors (Lipinski definition) is 6. The van der Waals surface area contributed by atoms with E-state index in [1.807, 2.05) is 0 Å². The molecule has 2 atom stereocenters. The summed E-state index contributed by atoms with van der Waals surface area (Å²) in [6.45, 7) is 6.83. The number of primary amides is 1. The van der Waals surface area contributed by atoms with Crippen LogP contribution in [0.15, 0.2) is 48.5 Å². The molecule has 0 spiro atoms. The Morgan fingerprint density at radius 2 is 1.72 bits per heavy atom. The highest BCUT2D eigenvalue weighted by Gasteiger charge is 2.36. The number of carbonyl (C=O) groups is 4. The third-order valence-corrected chi connectivity index (χ3v) is 5.62. The van der Waals surface area contributed by atoms with Crippen molar-refractivity contribution in [2.45, 2.75) is 58.2 Å². The predicted octanol–water partition coefficient (Wildman–Crippen LogP) is 3.36. The van der Waals surface area contributed by atoms with Crippen molar-refractivity contribution in [3.63, 3.8) is 0 Å². The van der Waals surface area contributed by atoms with Gasteiger partial charge < -0.3 is 30.7 Å². The van der Waals surface area contributed by atoms with Gasteiger partial charge in [0.15, 0.2) is 0 Å². The van der Waals surface area contributed by atoms with Crippen molar-refractivity contribution in [3.05, 3.63) is 59.7 Å². The lowest BCUT2D eigenvalue weighted by molar-refractivity contribution is -0.140. The van der Waals surface area contributed by atoms with Crippen molar-refractivity contribution in [2.24, 2.45) is 5.73 Å². The van der Waals surface area contributed by atoms with Crippen LogP contribution in [0.1, 0.15) is 57.7 Å². The standard InChI is InChI=1S/C29H36N4O6/c1-7-19-11-9-10-12-22(19)25(26(35)31-20-13-15-21(38-6)16-14-20)33(8-2)27(36)23(17-18-24(30)34)32-28(37)39-29(3,4)5/h1,9-16,23,25H,8,17-18H2,2-6H3,(H2,30,34)(H,31,35)(H,32,37). The fraction of sp³-hybridized carbons (Fsp3) is 0.379. The summed E-state index contributed by atoms with van der Waals surface area (Å²) >= 11 is 0. The number of nitrogens with zero attached hydrogens (tertiary/aromatic N) is 1. The molecule has 39 heavy (non-hydrogen) atoms. The number of anilines is 1. The molecule has 0 aromatic heterocycles.